The number of hydrogen-bond acceptors (Lipinski definition) is 6. The Morgan fingerprint density at radius 2 is 1.83 bits per heavy atom. The number of nitrogens with zero attached hydrogens (tertiary/aromatic N) is 2. The van der Waals surface area contributed by atoms with Crippen LogP contribution in [-0.4, -0.2) is 47.7 Å². The molecule has 0 unspecified atom stereocenters. The fourth-order valence-electron chi connectivity index (χ4n) is 4.50. The first-order valence-corrected chi connectivity index (χ1v) is 12.2. The first-order valence-electron chi connectivity index (χ1n) is 11.4. The molecule has 1 aliphatic heterocycles. The van der Waals surface area contributed by atoms with Crippen molar-refractivity contribution in [1.82, 2.24) is 9.88 Å². The van der Waals surface area contributed by atoms with Crippen LogP contribution in [0.2, 0.25) is 0 Å². The van der Waals surface area contributed by atoms with Crippen molar-refractivity contribution in [1.29, 1.82) is 0 Å². The van der Waals surface area contributed by atoms with Crippen LogP contribution in [0.1, 0.15) is 76.8 Å². The lowest BCUT2D eigenvalue weighted by atomic mass is 9.79. The van der Waals surface area contributed by atoms with E-state index in [1.807, 2.05) is 27.7 Å². The van der Waals surface area contributed by atoms with Gasteiger partial charge in [0.15, 0.2) is 0 Å². The first kappa shape index (κ1) is 22.5. The molecule has 29 heavy (non-hydrogen) atoms. The summed E-state index contributed by atoms with van der Waals surface area (Å²) in [5.74, 6) is 1.30. The average Bonchev–Trinajstić information content (AvgIpc) is 2.93. The van der Waals surface area contributed by atoms with Gasteiger partial charge in [0, 0.05) is 30.8 Å². The van der Waals surface area contributed by atoms with Crippen molar-refractivity contribution in [2.45, 2.75) is 84.7 Å². The summed E-state index contributed by atoms with van der Waals surface area (Å²) in [6.45, 7) is 12.0. The van der Waals surface area contributed by atoms with Crippen molar-refractivity contribution < 1.29 is 14.3 Å². The normalized spacial score (nSPS) is 23.3. The van der Waals surface area contributed by atoms with Crippen LogP contribution < -0.4 is 4.74 Å². The van der Waals surface area contributed by atoms with Crippen molar-refractivity contribution in [3.8, 4) is 5.19 Å². The second-order valence-corrected chi connectivity index (χ2v) is 10.6. The van der Waals surface area contributed by atoms with Gasteiger partial charge in [0.05, 0.1) is 12.3 Å². The highest BCUT2D eigenvalue weighted by Crippen LogP contribution is 2.34. The third kappa shape index (κ3) is 7.25. The number of fused-ring (bicyclic) bond motifs is 1. The topological polar surface area (TPSA) is 51.7 Å². The van der Waals surface area contributed by atoms with Gasteiger partial charge >= 0.3 is 5.97 Å². The van der Waals surface area contributed by atoms with Gasteiger partial charge in [-0.15, -0.1) is 0 Å². The quantitative estimate of drug-likeness (QED) is 0.587. The number of ether oxygens (including phenoxy) is 2. The van der Waals surface area contributed by atoms with Crippen LogP contribution in [0.3, 0.4) is 0 Å². The van der Waals surface area contributed by atoms with E-state index in [1.165, 1.54) is 49.2 Å². The molecule has 1 fully saturated rings. The fourth-order valence-corrected chi connectivity index (χ4v) is 5.51. The van der Waals surface area contributed by atoms with E-state index in [1.54, 1.807) is 11.3 Å². The van der Waals surface area contributed by atoms with E-state index in [0.29, 0.717) is 18.9 Å². The fraction of sp³-hybridized carbons (Fsp3) is 0.826. The predicted octanol–water partition coefficient (Wildman–Crippen LogP) is 4.87. The van der Waals surface area contributed by atoms with E-state index < -0.39 is 0 Å². The molecule has 2 aliphatic rings. The molecule has 0 atom stereocenters. The van der Waals surface area contributed by atoms with Gasteiger partial charge in [-0.3, -0.25) is 4.79 Å². The summed E-state index contributed by atoms with van der Waals surface area (Å²) in [5, 5.41) is 0.842. The lowest BCUT2D eigenvalue weighted by Crippen LogP contribution is -2.30. The molecular weight excluding hydrogens is 384 g/mol. The Hall–Kier alpha value is -1.14. The Bertz CT molecular complexity index is 634. The third-order valence-electron chi connectivity index (χ3n) is 6.04. The van der Waals surface area contributed by atoms with Gasteiger partial charge in [0.2, 0.25) is 0 Å². The molecule has 0 saturated heterocycles. The van der Waals surface area contributed by atoms with Crippen LogP contribution in [0, 0.1) is 11.8 Å². The smallest absolute Gasteiger partial charge is 0.306 e. The summed E-state index contributed by atoms with van der Waals surface area (Å²) < 4.78 is 11.1. The van der Waals surface area contributed by atoms with Crippen LogP contribution >= 0.6 is 11.3 Å². The highest BCUT2D eigenvalue weighted by atomic mass is 32.1. The van der Waals surface area contributed by atoms with E-state index in [9.17, 15) is 4.79 Å². The molecule has 1 aromatic heterocycles. The number of aromatic nitrogens is 1. The predicted molar refractivity (Wildman–Crippen MR) is 118 cm³/mol. The molecule has 1 aliphatic carbocycles. The molecule has 164 valence electrons. The summed E-state index contributed by atoms with van der Waals surface area (Å²) in [6.07, 6.45) is 8.88. The minimum absolute atomic E-state index is 0.0286. The summed E-state index contributed by atoms with van der Waals surface area (Å²) in [6, 6.07) is 0. The third-order valence-corrected chi connectivity index (χ3v) is 7.11. The average molecular weight is 423 g/mol. The van der Waals surface area contributed by atoms with Gasteiger partial charge in [0.1, 0.15) is 5.60 Å². The SMILES string of the molecule is CCOc1nc2c(s1)CCN(CCC1CCC(CC(=O)OC(C)(C)C)CC1)CC2. The van der Waals surface area contributed by atoms with Gasteiger partial charge in [-0.05, 0) is 71.8 Å². The van der Waals surface area contributed by atoms with Gasteiger partial charge < -0.3 is 14.4 Å². The Balaban J connectivity index is 1.34. The molecule has 0 radical (unpaired) electrons. The molecule has 0 bridgehead atoms. The zero-order valence-corrected chi connectivity index (χ0v) is 19.5. The maximum Gasteiger partial charge on any atom is 0.306 e. The molecule has 1 aromatic rings. The van der Waals surface area contributed by atoms with Crippen molar-refractivity contribution in [2.24, 2.45) is 11.8 Å². The maximum absolute atomic E-state index is 12.1. The Morgan fingerprint density at radius 3 is 2.52 bits per heavy atom. The number of hydrogen-bond donors (Lipinski definition) is 0. The molecule has 0 amide bonds. The molecule has 2 heterocycles. The molecule has 0 aromatic carbocycles. The zero-order chi connectivity index (χ0) is 20.9. The summed E-state index contributed by atoms with van der Waals surface area (Å²) >= 11 is 1.73. The highest BCUT2D eigenvalue weighted by molar-refractivity contribution is 7.13. The zero-order valence-electron chi connectivity index (χ0n) is 18.7. The van der Waals surface area contributed by atoms with Crippen LogP contribution in [0.25, 0.3) is 0 Å². The van der Waals surface area contributed by atoms with E-state index in [2.05, 4.69) is 9.88 Å². The van der Waals surface area contributed by atoms with Crippen molar-refractivity contribution in [2.75, 3.05) is 26.2 Å². The van der Waals surface area contributed by atoms with Crippen LogP contribution in [0.5, 0.6) is 5.19 Å². The van der Waals surface area contributed by atoms with E-state index in [-0.39, 0.29) is 11.6 Å². The summed E-state index contributed by atoms with van der Waals surface area (Å²) in [4.78, 5) is 20.8. The lowest BCUT2D eigenvalue weighted by Gasteiger charge is -2.30. The molecule has 3 rings (SSSR count). The Labute approximate surface area is 180 Å². The first-order chi connectivity index (χ1) is 13.8. The maximum atomic E-state index is 12.1. The number of esters is 1. The summed E-state index contributed by atoms with van der Waals surface area (Å²) in [7, 11) is 0. The monoisotopic (exact) mass is 422 g/mol. The van der Waals surface area contributed by atoms with Gasteiger partial charge in [0.25, 0.3) is 5.19 Å². The van der Waals surface area contributed by atoms with Gasteiger partial charge in [-0.2, -0.15) is 0 Å². The van der Waals surface area contributed by atoms with E-state index in [0.717, 1.165) is 37.0 Å². The minimum atomic E-state index is -0.370. The van der Waals surface area contributed by atoms with Gasteiger partial charge in [-0.1, -0.05) is 24.2 Å². The lowest BCUT2D eigenvalue weighted by molar-refractivity contribution is -0.156. The van der Waals surface area contributed by atoms with E-state index in [4.69, 9.17) is 9.47 Å². The number of rotatable bonds is 7. The van der Waals surface area contributed by atoms with Crippen molar-refractivity contribution in [3.05, 3.63) is 10.6 Å². The molecule has 1 saturated carbocycles. The van der Waals surface area contributed by atoms with Gasteiger partial charge in [-0.25, -0.2) is 4.98 Å². The molecule has 0 N–H and O–H groups in total. The second kappa shape index (κ2) is 10.3. The van der Waals surface area contributed by atoms with Crippen LogP contribution in [-0.2, 0) is 22.4 Å². The standard InChI is InChI=1S/C23H38N2O3S/c1-5-27-22-24-19-11-14-25(15-12-20(19)29-22)13-10-17-6-8-18(9-7-17)16-21(26)28-23(2,3)4/h17-18H,5-16H2,1-4H3. The van der Waals surface area contributed by atoms with Crippen LogP contribution in [0.4, 0.5) is 0 Å². The Morgan fingerprint density at radius 1 is 1.14 bits per heavy atom. The van der Waals surface area contributed by atoms with Crippen molar-refractivity contribution in [3.63, 3.8) is 0 Å². The minimum Gasteiger partial charge on any atom is -0.470 e. The molecular formula is C23H38N2O3S. The molecule has 6 heteroatoms. The Kier molecular flexibility index (Phi) is 7.97. The van der Waals surface area contributed by atoms with Crippen molar-refractivity contribution >= 4 is 17.3 Å². The number of carbonyl (C=O) groups is 1. The largest absolute Gasteiger partial charge is 0.470 e. The highest BCUT2D eigenvalue weighted by Gasteiger charge is 2.26. The molecule has 0 spiro atoms. The summed E-state index contributed by atoms with van der Waals surface area (Å²) in [5.41, 5.74) is 0.883. The number of carbonyl (C=O) groups excluding carboxylic acids is 1. The van der Waals surface area contributed by atoms with E-state index >= 15 is 0 Å². The van der Waals surface area contributed by atoms with Crippen LogP contribution in [0.15, 0.2) is 0 Å². The number of thiazole rings is 1. The second-order valence-electron chi connectivity index (χ2n) is 9.59. The molecule has 5 nitrogen and oxygen atoms in total.